The second kappa shape index (κ2) is 9.79. The van der Waals surface area contributed by atoms with E-state index in [4.69, 9.17) is 4.74 Å². The van der Waals surface area contributed by atoms with Crippen LogP contribution in [0.15, 0.2) is 66.0 Å². The van der Waals surface area contributed by atoms with Gasteiger partial charge in [0, 0.05) is 24.0 Å². The molecule has 1 aliphatic rings. The van der Waals surface area contributed by atoms with Crippen molar-refractivity contribution in [3.63, 3.8) is 0 Å². The lowest BCUT2D eigenvalue weighted by Crippen LogP contribution is -2.48. The highest BCUT2D eigenvalue weighted by atomic mass is 32.1. The molecule has 0 spiro atoms. The maximum Gasteiger partial charge on any atom is 0.254 e. The minimum absolute atomic E-state index is 0.0147. The number of rotatable bonds is 7. The molecular formula is C27H30N2O3S. The summed E-state index contributed by atoms with van der Waals surface area (Å²) in [6, 6.07) is 18.8. The highest BCUT2D eigenvalue weighted by Gasteiger charge is 2.45. The number of amides is 2. The molecule has 0 unspecified atom stereocenters. The number of thiophene rings is 1. The van der Waals surface area contributed by atoms with Crippen LogP contribution in [0.4, 0.5) is 5.69 Å². The third-order valence-electron chi connectivity index (χ3n) is 5.96. The summed E-state index contributed by atoms with van der Waals surface area (Å²) in [4.78, 5) is 32.4. The van der Waals surface area contributed by atoms with Crippen LogP contribution in [0.1, 0.15) is 53.5 Å². The predicted octanol–water partition coefficient (Wildman–Crippen LogP) is 5.75. The average Bonchev–Trinajstić information content (AvgIpc) is 3.35. The Morgan fingerprint density at radius 3 is 2.52 bits per heavy atom. The lowest BCUT2D eigenvalue weighted by atomic mass is 9.80. The molecule has 0 bridgehead atoms. The molecule has 2 atom stereocenters. The molecule has 0 radical (unpaired) electrons. The molecule has 33 heavy (non-hydrogen) atoms. The van der Waals surface area contributed by atoms with E-state index < -0.39 is 5.92 Å². The molecule has 0 saturated carbocycles. The van der Waals surface area contributed by atoms with Gasteiger partial charge >= 0.3 is 0 Å². The number of hydrogen-bond donors (Lipinski definition) is 0. The van der Waals surface area contributed by atoms with Gasteiger partial charge in [-0.05, 0) is 48.1 Å². The van der Waals surface area contributed by atoms with Crippen LogP contribution < -0.4 is 9.64 Å². The van der Waals surface area contributed by atoms with E-state index in [1.54, 1.807) is 23.3 Å². The van der Waals surface area contributed by atoms with E-state index in [0.717, 1.165) is 16.1 Å². The normalized spacial score (nSPS) is 17.7. The Bertz CT molecular complexity index is 1130. The Morgan fingerprint density at radius 1 is 1.09 bits per heavy atom. The van der Waals surface area contributed by atoms with Crippen LogP contribution in [0, 0.1) is 5.92 Å². The largest absolute Gasteiger partial charge is 0.492 e. The van der Waals surface area contributed by atoms with Gasteiger partial charge in [0.25, 0.3) is 5.91 Å². The number of para-hydroxylation sites is 2. The summed E-state index contributed by atoms with van der Waals surface area (Å²) in [6.07, 6.45) is 0. The number of carbonyl (C=O) groups excluding carboxylic acids is 2. The summed E-state index contributed by atoms with van der Waals surface area (Å²) in [5.74, 6) is 0.348. The minimum atomic E-state index is -0.518. The second-order valence-electron chi connectivity index (χ2n) is 8.67. The van der Waals surface area contributed by atoms with E-state index in [-0.39, 0.29) is 23.8 Å². The van der Waals surface area contributed by atoms with Crippen molar-refractivity contribution in [2.24, 2.45) is 5.92 Å². The van der Waals surface area contributed by atoms with Crippen molar-refractivity contribution < 1.29 is 14.3 Å². The Labute approximate surface area is 199 Å². The first-order chi connectivity index (χ1) is 15.9. The van der Waals surface area contributed by atoms with Gasteiger partial charge in [0.2, 0.25) is 5.91 Å². The van der Waals surface area contributed by atoms with Crippen molar-refractivity contribution in [1.82, 2.24) is 4.90 Å². The lowest BCUT2D eigenvalue weighted by Gasteiger charge is -2.43. The number of ether oxygens (including phenoxy) is 1. The van der Waals surface area contributed by atoms with E-state index in [9.17, 15) is 9.59 Å². The smallest absolute Gasteiger partial charge is 0.254 e. The van der Waals surface area contributed by atoms with E-state index in [2.05, 4.69) is 13.8 Å². The zero-order chi connectivity index (χ0) is 23.5. The Kier molecular flexibility index (Phi) is 6.84. The average molecular weight is 463 g/mol. The predicted molar refractivity (Wildman–Crippen MR) is 133 cm³/mol. The van der Waals surface area contributed by atoms with Gasteiger partial charge in [-0.15, -0.1) is 11.3 Å². The zero-order valence-corrected chi connectivity index (χ0v) is 20.3. The highest BCUT2D eigenvalue weighted by molar-refractivity contribution is 7.10. The van der Waals surface area contributed by atoms with Crippen molar-refractivity contribution >= 4 is 28.8 Å². The SMILES string of the molecule is CCOc1ccccc1N(C)C(=O)[C@@H]1c2ccccc2C(=O)N(CC(C)C)[C@H]1c1cccs1. The van der Waals surface area contributed by atoms with E-state index in [1.165, 1.54) is 0 Å². The van der Waals surface area contributed by atoms with Crippen LogP contribution in [0.3, 0.4) is 0 Å². The molecule has 0 aliphatic carbocycles. The maximum atomic E-state index is 14.2. The fraction of sp³-hybridized carbons (Fsp3) is 0.333. The van der Waals surface area contributed by atoms with Crippen molar-refractivity contribution in [3.8, 4) is 5.75 Å². The molecule has 3 aromatic rings. The maximum absolute atomic E-state index is 14.2. The molecule has 0 N–H and O–H groups in total. The summed E-state index contributed by atoms with van der Waals surface area (Å²) in [5, 5.41) is 2.00. The van der Waals surface area contributed by atoms with Gasteiger partial charge in [-0.1, -0.05) is 50.2 Å². The first-order valence-corrected chi connectivity index (χ1v) is 12.2. The first kappa shape index (κ1) is 23.1. The third kappa shape index (κ3) is 4.40. The standard InChI is InChI=1S/C27H30N2O3S/c1-5-32-22-14-9-8-13-21(22)28(4)27(31)24-19-11-6-7-12-20(19)26(30)29(17-18(2)3)25(24)23-15-10-16-33-23/h6-16,18,24-25H,5,17H2,1-4H3/t24-,25+/m1/s1. The molecular weight excluding hydrogens is 432 g/mol. The molecule has 4 rings (SSSR count). The summed E-state index contributed by atoms with van der Waals surface area (Å²) < 4.78 is 5.80. The van der Waals surface area contributed by atoms with Gasteiger partial charge in [0.05, 0.1) is 24.3 Å². The minimum Gasteiger partial charge on any atom is -0.492 e. The van der Waals surface area contributed by atoms with Crippen LogP contribution in [0.2, 0.25) is 0 Å². The van der Waals surface area contributed by atoms with Gasteiger partial charge in [0.1, 0.15) is 5.75 Å². The molecule has 1 aliphatic heterocycles. The quantitative estimate of drug-likeness (QED) is 0.449. The number of anilines is 1. The topological polar surface area (TPSA) is 49.9 Å². The second-order valence-corrected chi connectivity index (χ2v) is 9.65. The van der Waals surface area contributed by atoms with Crippen LogP contribution in [0.5, 0.6) is 5.75 Å². The summed E-state index contributed by atoms with van der Waals surface area (Å²) >= 11 is 1.59. The Balaban J connectivity index is 1.85. The van der Waals surface area contributed by atoms with Crippen molar-refractivity contribution in [2.75, 3.05) is 25.1 Å². The molecule has 5 nitrogen and oxygen atoms in total. The number of hydrogen-bond acceptors (Lipinski definition) is 4. The summed E-state index contributed by atoms with van der Waals surface area (Å²) in [5.41, 5.74) is 2.11. The number of fused-ring (bicyclic) bond motifs is 1. The first-order valence-electron chi connectivity index (χ1n) is 11.4. The summed E-state index contributed by atoms with van der Waals surface area (Å²) in [6.45, 7) is 7.22. The highest BCUT2D eigenvalue weighted by Crippen LogP contribution is 2.46. The van der Waals surface area contributed by atoms with Crippen molar-refractivity contribution in [2.45, 2.75) is 32.7 Å². The molecule has 172 valence electrons. The molecule has 0 saturated heterocycles. The fourth-order valence-electron chi connectivity index (χ4n) is 4.57. The van der Waals surface area contributed by atoms with Gasteiger partial charge in [-0.25, -0.2) is 0 Å². The van der Waals surface area contributed by atoms with Gasteiger partial charge in [0.15, 0.2) is 0 Å². The molecule has 2 amide bonds. The molecule has 6 heteroatoms. The third-order valence-corrected chi connectivity index (χ3v) is 6.90. The van der Waals surface area contributed by atoms with Crippen LogP contribution in [-0.2, 0) is 4.79 Å². The number of benzene rings is 2. The zero-order valence-electron chi connectivity index (χ0n) is 19.5. The molecule has 1 aromatic heterocycles. The molecule has 0 fully saturated rings. The monoisotopic (exact) mass is 462 g/mol. The fourth-order valence-corrected chi connectivity index (χ4v) is 5.44. The lowest BCUT2D eigenvalue weighted by molar-refractivity contribution is -0.121. The van der Waals surface area contributed by atoms with Crippen molar-refractivity contribution in [1.29, 1.82) is 0 Å². The Hall–Kier alpha value is -3.12. The Morgan fingerprint density at radius 2 is 1.82 bits per heavy atom. The number of carbonyl (C=O) groups is 2. The van der Waals surface area contributed by atoms with Crippen molar-refractivity contribution in [3.05, 3.63) is 82.0 Å². The van der Waals surface area contributed by atoms with Gasteiger partial charge in [-0.2, -0.15) is 0 Å². The summed E-state index contributed by atoms with van der Waals surface area (Å²) in [7, 11) is 1.79. The van der Waals surface area contributed by atoms with Gasteiger partial charge in [-0.3, -0.25) is 9.59 Å². The van der Waals surface area contributed by atoms with Crippen LogP contribution in [0.25, 0.3) is 0 Å². The van der Waals surface area contributed by atoms with Gasteiger partial charge < -0.3 is 14.5 Å². The molecule has 2 heterocycles. The number of nitrogens with zero attached hydrogens (tertiary/aromatic N) is 2. The van der Waals surface area contributed by atoms with Crippen LogP contribution >= 0.6 is 11.3 Å². The van der Waals surface area contributed by atoms with Crippen LogP contribution in [-0.4, -0.2) is 36.9 Å². The molecule has 2 aromatic carbocycles. The van der Waals surface area contributed by atoms with E-state index in [1.807, 2.05) is 77.9 Å². The van der Waals surface area contributed by atoms with E-state index in [0.29, 0.717) is 24.5 Å². The van der Waals surface area contributed by atoms with E-state index >= 15 is 0 Å². The number of likely N-dealkylation sites (N-methyl/N-ethyl adjacent to an activating group) is 1.